The maximum absolute atomic E-state index is 12.9. The summed E-state index contributed by atoms with van der Waals surface area (Å²) in [6, 6.07) is 7.88. The molecule has 5 N–H and O–H groups in total. The minimum absolute atomic E-state index is 0.0236. The molecule has 1 aromatic carbocycles. The topological polar surface area (TPSA) is 207 Å². The van der Waals surface area contributed by atoms with E-state index in [4.69, 9.17) is 26.1 Å². The molecule has 14 nitrogen and oxygen atoms in total. The number of aliphatic hydroxyl groups excluding tert-OH is 2. The molecule has 1 aromatic heterocycles. The number of hydrogen-bond donors (Lipinski definition) is 5. The van der Waals surface area contributed by atoms with Crippen LogP contribution in [-0.4, -0.2) is 58.9 Å². The first-order valence-electron chi connectivity index (χ1n) is 9.60. The summed E-state index contributed by atoms with van der Waals surface area (Å²) in [7, 11) is -10.6. The molecular formula is C17H21ClN2O12P2. The summed E-state index contributed by atoms with van der Waals surface area (Å²) in [5.41, 5.74) is -0.707. The molecule has 0 spiro atoms. The molecule has 17 heteroatoms. The van der Waals surface area contributed by atoms with E-state index in [0.717, 1.165) is 27.0 Å². The lowest BCUT2D eigenvalue weighted by molar-refractivity contribution is -0.0548. The average molecular weight is 543 g/mol. The van der Waals surface area contributed by atoms with Crippen molar-refractivity contribution in [2.45, 2.75) is 37.5 Å². The van der Waals surface area contributed by atoms with Crippen LogP contribution in [0.5, 0.6) is 0 Å². The summed E-state index contributed by atoms with van der Waals surface area (Å²) < 4.78 is 37.5. The second-order valence-electron chi connectivity index (χ2n) is 7.26. The van der Waals surface area contributed by atoms with Crippen LogP contribution < -0.4 is 11.2 Å². The summed E-state index contributed by atoms with van der Waals surface area (Å²) >= 11 is 5.94. The van der Waals surface area contributed by atoms with Gasteiger partial charge < -0.3 is 29.6 Å². The van der Waals surface area contributed by atoms with E-state index in [1.807, 2.05) is 0 Å². The maximum Gasteiger partial charge on any atom is 0.481 e. The van der Waals surface area contributed by atoms with Crippen LogP contribution in [0.25, 0.3) is 0 Å². The molecule has 1 saturated heterocycles. The van der Waals surface area contributed by atoms with Crippen LogP contribution >= 0.6 is 27.2 Å². The van der Waals surface area contributed by atoms with Crippen molar-refractivity contribution in [1.29, 1.82) is 0 Å². The van der Waals surface area contributed by atoms with Gasteiger partial charge in [-0.05, 0) is 24.1 Å². The predicted molar refractivity (Wildman–Crippen MR) is 115 cm³/mol. The van der Waals surface area contributed by atoms with E-state index in [-0.39, 0.29) is 13.0 Å². The van der Waals surface area contributed by atoms with Crippen LogP contribution in [0.15, 0.2) is 46.1 Å². The maximum atomic E-state index is 12.9. The second-order valence-corrected chi connectivity index (χ2v) is 10.5. The third-order valence-corrected chi connectivity index (χ3v) is 7.22. The third kappa shape index (κ3) is 6.72. The first-order valence-corrected chi connectivity index (χ1v) is 13.0. The smallest absolute Gasteiger partial charge is 0.387 e. The Hall–Kier alpha value is -1.67. The second kappa shape index (κ2) is 10.5. The Labute approximate surface area is 196 Å². The van der Waals surface area contributed by atoms with Gasteiger partial charge in [-0.15, -0.1) is 0 Å². The van der Waals surface area contributed by atoms with Gasteiger partial charge in [-0.1, -0.05) is 23.7 Å². The van der Waals surface area contributed by atoms with Gasteiger partial charge in [-0.3, -0.25) is 18.5 Å². The minimum Gasteiger partial charge on any atom is -0.387 e. The first-order chi connectivity index (χ1) is 15.8. The Kier molecular flexibility index (Phi) is 8.33. The quantitative estimate of drug-likeness (QED) is 0.260. The lowest BCUT2D eigenvalue weighted by Crippen LogP contribution is -2.43. The number of benzene rings is 1. The molecule has 0 bridgehead atoms. The van der Waals surface area contributed by atoms with Gasteiger partial charge in [0.15, 0.2) is 6.23 Å². The third-order valence-electron chi connectivity index (χ3n) is 4.83. The van der Waals surface area contributed by atoms with Gasteiger partial charge in [-0.25, -0.2) is 13.9 Å². The molecule has 1 fully saturated rings. The van der Waals surface area contributed by atoms with Crippen molar-refractivity contribution >= 4 is 27.2 Å². The summed E-state index contributed by atoms with van der Waals surface area (Å²) in [4.78, 5) is 51.7. The number of halogens is 1. The SMILES string of the molecule is O=c1ccn([C@@H]2O[C@H](COP(=O)(O)OP(=O)(O)O)C(O)C2O)c(=O)n1CCc1cccc(Cl)c1. The normalized spacial score (nSPS) is 24.8. The summed E-state index contributed by atoms with van der Waals surface area (Å²) in [6.07, 6.45) is -5.09. The van der Waals surface area contributed by atoms with Gasteiger partial charge in [0.2, 0.25) is 0 Å². The van der Waals surface area contributed by atoms with E-state index in [2.05, 4.69) is 8.83 Å². The highest BCUT2D eigenvalue weighted by atomic mass is 35.5. The highest BCUT2D eigenvalue weighted by Gasteiger charge is 2.45. The molecule has 1 aliphatic rings. The number of nitrogens with zero attached hydrogens (tertiary/aromatic N) is 2. The van der Waals surface area contributed by atoms with Gasteiger partial charge in [0.05, 0.1) is 6.61 Å². The molecule has 0 radical (unpaired) electrons. The molecule has 3 rings (SSSR count). The number of phosphoric ester groups is 1. The fourth-order valence-corrected chi connectivity index (χ4v) is 5.10. The van der Waals surface area contributed by atoms with E-state index >= 15 is 0 Å². The van der Waals surface area contributed by atoms with E-state index in [9.17, 15) is 33.8 Å². The fourth-order valence-electron chi connectivity index (χ4n) is 3.29. The van der Waals surface area contributed by atoms with E-state index < -0.39 is 58.0 Å². The standard InChI is InChI=1S/C17H21ClN2O12P2/c18-11-3-1-2-10(8-11)4-6-19-13(21)5-7-20(17(19)24)16-15(23)14(22)12(31-16)9-30-34(28,29)32-33(25,26)27/h1-3,5,7-8,12,14-16,22-23H,4,6,9H2,(H,28,29)(H2,25,26,27)/t12-,14?,15?,16-/m1/s1. The molecule has 2 heterocycles. The number of aromatic nitrogens is 2. The Bertz CT molecular complexity index is 1240. The van der Waals surface area contributed by atoms with E-state index in [1.165, 1.54) is 0 Å². The van der Waals surface area contributed by atoms with Crippen molar-refractivity contribution < 1.29 is 47.6 Å². The molecular weight excluding hydrogens is 522 g/mol. The Morgan fingerprint density at radius 3 is 2.44 bits per heavy atom. The highest BCUT2D eigenvalue weighted by Crippen LogP contribution is 2.57. The summed E-state index contributed by atoms with van der Waals surface area (Å²) in [5, 5.41) is 21.0. The van der Waals surface area contributed by atoms with Gasteiger partial charge in [-0.2, -0.15) is 4.31 Å². The predicted octanol–water partition coefficient (Wildman–Crippen LogP) is -0.248. The first kappa shape index (κ1) is 26.9. The van der Waals surface area contributed by atoms with Crippen molar-refractivity contribution in [3.63, 3.8) is 0 Å². The minimum atomic E-state index is -5.36. The molecule has 0 amide bonds. The number of aliphatic hydroxyl groups is 2. The molecule has 0 aliphatic carbocycles. The Balaban J connectivity index is 1.76. The van der Waals surface area contributed by atoms with Crippen molar-refractivity contribution in [2.24, 2.45) is 0 Å². The number of ether oxygens (including phenoxy) is 1. The Morgan fingerprint density at radius 2 is 1.79 bits per heavy atom. The zero-order chi connectivity index (χ0) is 25.3. The number of aryl methyl sites for hydroxylation is 1. The zero-order valence-electron chi connectivity index (χ0n) is 17.2. The van der Waals surface area contributed by atoms with Gasteiger partial charge >= 0.3 is 21.3 Å². The molecule has 188 valence electrons. The lowest BCUT2D eigenvalue weighted by atomic mass is 10.1. The summed E-state index contributed by atoms with van der Waals surface area (Å²) in [6.45, 7) is -0.949. The summed E-state index contributed by atoms with van der Waals surface area (Å²) in [5.74, 6) is 0. The molecule has 1 aliphatic heterocycles. The number of rotatable bonds is 9. The highest BCUT2D eigenvalue weighted by molar-refractivity contribution is 7.60. The van der Waals surface area contributed by atoms with E-state index in [1.54, 1.807) is 24.3 Å². The fraction of sp³-hybridized carbons (Fsp3) is 0.412. The lowest BCUT2D eigenvalue weighted by Gasteiger charge is -2.19. The van der Waals surface area contributed by atoms with Crippen LogP contribution in [-0.2, 0) is 35.7 Å². The average Bonchev–Trinajstić information content (AvgIpc) is 2.99. The van der Waals surface area contributed by atoms with Crippen molar-refractivity contribution in [1.82, 2.24) is 9.13 Å². The van der Waals surface area contributed by atoms with Gasteiger partial charge in [0.25, 0.3) is 5.56 Å². The van der Waals surface area contributed by atoms with Crippen LogP contribution in [0.4, 0.5) is 0 Å². The molecule has 5 atom stereocenters. The van der Waals surface area contributed by atoms with Crippen molar-refractivity contribution in [2.75, 3.05) is 6.61 Å². The molecule has 2 aromatic rings. The van der Waals surface area contributed by atoms with Crippen LogP contribution in [0, 0.1) is 0 Å². The van der Waals surface area contributed by atoms with E-state index in [0.29, 0.717) is 5.02 Å². The number of phosphoric acid groups is 2. The van der Waals surface area contributed by atoms with Crippen LogP contribution in [0.3, 0.4) is 0 Å². The van der Waals surface area contributed by atoms with Gasteiger partial charge in [0.1, 0.15) is 18.3 Å². The molecule has 3 unspecified atom stereocenters. The Morgan fingerprint density at radius 1 is 1.09 bits per heavy atom. The van der Waals surface area contributed by atoms with Crippen molar-refractivity contribution in [3.8, 4) is 0 Å². The van der Waals surface area contributed by atoms with Crippen LogP contribution in [0.1, 0.15) is 11.8 Å². The monoisotopic (exact) mass is 542 g/mol. The van der Waals surface area contributed by atoms with Gasteiger partial charge in [0, 0.05) is 23.8 Å². The molecule has 0 saturated carbocycles. The molecule has 34 heavy (non-hydrogen) atoms. The van der Waals surface area contributed by atoms with Crippen molar-refractivity contribution in [3.05, 3.63) is 68.0 Å². The largest absolute Gasteiger partial charge is 0.481 e. The zero-order valence-corrected chi connectivity index (χ0v) is 19.7. The van der Waals surface area contributed by atoms with Crippen LogP contribution in [0.2, 0.25) is 5.02 Å². The number of hydrogen-bond acceptors (Lipinski definition) is 9.